The molecule has 2 amide bonds. The molecule has 3 rings (SSSR count). The predicted molar refractivity (Wildman–Crippen MR) is 102 cm³/mol. The molecule has 2 N–H and O–H groups in total. The Balaban J connectivity index is 1.83. The summed E-state index contributed by atoms with van der Waals surface area (Å²) in [5.74, 6) is -1.19. The van der Waals surface area contributed by atoms with E-state index in [-0.39, 0.29) is 11.3 Å². The third-order valence-electron chi connectivity index (χ3n) is 4.00. The van der Waals surface area contributed by atoms with Gasteiger partial charge in [-0.1, -0.05) is 0 Å². The highest BCUT2D eigenvalue weighted by atomic mass is 19.4. The minimum absolute atomic E-state index is 0.0123. The van der Waals surface area contributed by atoms with Crippen molar-refractivity contribution in [2.24, 2.45) is 0 Å². The van der Waals surface area contributed by atoms with E-state index in [2.05, 4.69) is 15.7 Å². The average Bonchev–Trinajstić information content (AvgIpc) is 3.08. The van der Waals surface area contributed by atoms with Crippen LogP contribution in [0.15, 0.2) is 54.9 Å². The number of amides is 2. The van der Waals surface area contributed by atoms with Crippen molar-refractivity contribution < 1.29 is 22.8 Å². The van der Waals surface area contributed by atoms with E-state index in [9.17, 15) is 22.8 Å². The maximum atomic E-state index is 13.4. The molecule has 6 nitrogen and oxygen atoms in total. The molecule has 0 atom stereocenters. The Morgan fingerprint density at radius 3 is 2.28 bits per heavy atom. The Bertz CT molecular complexity index is 1060. The number of aromatic nitrogens is 2. The first kappa shape index (κ1) is 20.1. The fourth-order valence-corrected chi connectivity index (χ4v) is 2.68. The van der Waals surface area contributed by atoms with Crippen LogP contribution in [-0.4, -0.2) is 21.6 Å². The van der Waals surface area contributed by atoms with E-state index in [4.69, 9.17) is 0 Å². The predicted octanol–water partition coefficient (Wildman–Crippen LogP) is 4.41. The minimum atomic E-state index is -4.71. The number of carbonyl (C=O) groups is 2. The van der Waals surface area contributed by atoms with Gasteiger partial charge in [-0.25, -0.2) is 4.68 Å². The molecule has 0 bridgehead atoms. The molecular formula is C20H17F3N4O2. The van der Waals surface area contributed by atoms with Crippen LogP contribution in [-0.2, 0) is 11.0 Å². The SMILES string of the molecule is CC(=O)Nc1ccc(NC(=O)c2ccc(-n3cc(C)cn3)cc2)c(C(F)(F)F)c1. The van der Waals surface area contributed by atoms with Crippen molar-refractivity contribution in [1.82, 2.24) is 9.78 Å². The van der Waals surface area contributed by atoms with Crippen molar-refractivity contribution in [3.05, 3.63) is 71.5 Å². The lowest BCUT2D eigenvalue weighted by Crippen LogP contribution is -2.17. The van der Waals surface area contributed by atoms with Gasteiger partial charge in [0, 0.05) is 24.4 Å². The Hall–Kier alpha value is -3.62. The largest absolute Gasteiger partial charge is 0.418 e. The molecule has 0 fully saturated rings. The first-order chi connectivity index (χ1) is 13.6. The number of aryl methyl sites for hydroxylation is 1. The molecule has 0 unspecified atom stereocenters. The van der Waals surface area contributed by atoms with E-state index >= 15 is 0 Å². The van der Waals surface area contributed by atoms with Crippen molar-refractivity contribution in [3.63, 3.8) is 0 Å². The first-order valence-corrected chi connectivity index (χ1v) is 8.55. The monoisotopic (exact) mass is 402 g/mol. The standard InChI is InChI=1S/C20H17F3N4O2/c1-12-10-24-27(11-12)16-6-3-14(4-7-16)19(29)26-18-8-5-15(25-13(2)28)9-17(18)20(21,22)23/h3-11H,1-2H3,(H,25,28)(H,26,29). The van der Waals surface area contributed by atoms with Crippen molar-refractivity contribution >= 4 is 23.2 Å². The first-order valence-electron chi connectivity index (χ1n) is 8.55. The highest BCUT2D eigenvalue weighted by Crippen LogP contribution is 2.36. The van der Waals surface area contributed by atoms with Crippen LogP contribution < -0.4 is 10.6 Å². The molecule has 0 aliphatic rings. The summed E-state index contributed by atoms with van der Waals surface area (Å²) in [6.45, 7) is 3.08. The van der Waals surface area contributed by atoms with E-state index in [0.717, 1.165) is 17.7 Å². The van der Waals surface area contributed by atoms with E-state index < -0.39 is 29.2 Å². The summed E-state index contributed by atoms with van der Waals surface area (Å²) >= 11 is 0. The molecule has 1 heterocycles. The molecule has 0 aliphatic heterocycles. The van der Waals surface area contributed by atoms with Gasteiger partial charge in [0.25, 0.3) is 5.91 Å². The van der Waals surface area contributed by atoms with Crippen molar-refractivity contribution in [1.29, 1.82) is 0 Å². The Morgan fingerprint density at radius 1 is 1.03 bits per heavy atom. The summed E-state index contributed by atoms with van der Waals surface area (Å²) in [5, 5.41) is 8.73. The number of anilines is 2. The van der Waals surface area contributed by atoms with Gasteiger partial charge in [-0.2, -0.15) is 18.3 Å². The zero-order valence-corrected chi connectivity index (χ0v) is 15.5. The van der Waals surface area contributed by atoms with Crippen LogP contribution in [0.25, 0.3) is 5.69 Å². The second-order valence-electron chi connectivity index (χ2n) is 6.40. The number of halogens is 3. The van der Waals surface area contributed by atoms with Gasteiger partial charge >= 0.3 is 6.18 Å². The Kier molecular flexibility index (Phi) is 5.40. The Labute approximate surface area is 164 Å². The van der Waals surface area contributed by atoms with Gasteiger partial charge in [-0.3, -0.25) is 9.59 Å². The van der Waals surface area contributed by atoms with Crippen LogP contribution in [0.3, 0.4) is 0 Å². The number of carbonyl (C=O) groups excluding carboxylic acids is 2. The normalized spacial score (nSPS) is 11.2. The summed E-state index contributed by atoms with van der Waals surface area (Å²) in [7, 11) is 0. The summed E-state index contributed by atoms with van der Waals surface area (Å²) in [5.41, 5.74) is 0.405. The molecule has 0 aliphatic carbocycles. The number of benzene rings is 2. The topological polar surface area (TPSA) is 76.0 Å². The Morgan fingerprint density at radius 2 is 1.72 bits per heavy atom. The van der Waals surface area contributed by atoms with Crippen LogP contribution in [0.2, 0.25) is 0 Å². The highest BCUT2D eigenvalue weighted by Gasteiger charge is 2.34. The number of nitrogens with zero attached hydrogens (tertiary/aromatic N) is 2. The highest BCUT2D eigenvalue weighted by molar-refractivity contribution is 6.05. The fourth-order valence-electron chi connectivity index (χ4n) is 2.68. The molecular weight excluding hydrogens is 385 g/mol. The molecule has 3 aromatic rings. The average molecular weight is 402 g/mol. The molecule has 2 aromatic carbocycles. The zero-order chi connectivity index (χ0) is 21.2. The molecule has 150 valence electrons. The number of rotatable bonds is 4. The maximum Gasteiger partial charge on any atom is 0.418 e. The van der Waals surface area contributed by atoms with Crippen molar-refractivity contribution in [2.45, 2.75) is 20.0 Å². The zero-order valence-electron chi connectivity index (χ0n) is 15.5. The third-order valence-corrected chi connectivity index (χ3v) is 4.00. The van der Waals surface area contributed by atoms with Crippen LogP contribution in [0.4, 0.5) is 24.5 Å². The molecule has 0 saturated heterocycles. The van der Waals surface area contributed by atoms with Crippen LogP contribution in [0, 0.1) is 6.92 Å². The van der Waals surface area contributed by atoms with Crippen LogP contribution in [0.5, 0.6) is 0 Å². The summed E-state index contributed by atoms with van der Waals surface area (Å²) in [6.07, 6.45) is -1.22. The van der Waals surface area contributed by atoms with Gasteiger partial charge in [-0.15, -0.1) is 0 Å². The van der Waals surface area contributed by atoms with E-state index in [1.54, 1.807) is 29.2 Å². The van der Waals surface area contributed by atoms with Crippen LogP contribution >= 0.6 is 0 Å². The number of hydrogen-bond acceptors (Lipinski definition) is 3. The molecule has 0 radical (unpaired) electrons. The lowest BCUT2D eigenvalue weighted by molar-refractivity contribution is -0.137. The molecule has 29 heavy (non-hydrogen) atoms. The van der Waals surface area contributed by atoms with Gasteiger partial charge in [0.2, 0.25) is 5.91 Å². The van der Waals surface area contributed by atoms with Gasteiger partial charge in [-0.05, 0) is 55.0 Å². The van der Waals surface area contributed by atoms with E-state index in [0.29, 0.717) is 5.69 Å². The number of hydrogen-bond donors (Lipinski definition) is 2. The summed E-state index contributed by atoms with van der Waals surface area (Å²) in [4.78, 5) is 23.5. The third kappa shape index (κ3) is 4.81. The van der Waals surface area contributed by atoms with Crippen molar-refractivity contribution in [2.75, 3.05) is 10.6 Å². The smallest absolute Gasteiger partial charge is 0.326 e. The fraction of sp³-hybridized carbons (Fsp3) is 0.150. The van der Waals surface area contributed by atoms with Gasteiger partial charge in [0.05, 0.1) is 23.1 Å². The van der Waals surface area contributed by atoms with E-state index in [1.807, 2.05) is 6.92 Å². The minimum Gasteiger partial charge on any atom is -0.326 e. The second kappa shape index (κ2) is 7.78. The van der Waals surface area contributed by atoms with Crippen LogP contribution in [0.1, 0.15) is 28.4 Å². The summed E-state index contributed by atoms with van der Waals surface area (Å²) in [6, 6.07) is 9.46. The van der Waals surface area contributed by atoms with Gasteiger partial charge in [0.1, 0.15) is 0 Å². The second-order valence-corrected chi connectivity index (χ2v) is 6.40. The molecule has 0 saturated carbocycles. The molecule has 1 aromatic heterocycles. The van der Waals surface area contributed by atoms with Gasteiger partial charge < -0.3 is 10.6 Å². The number of nitrogens with one attached hydrogen (secondary N) is 2. The van der Waals surface area contributed by atoms with Gasteiger partial charge in [0.15, 0.2) is 0 Å². The maximum absolute atomic E-state index is 13.4. The van der Waals surface area contributed by atoms with Crippen molar-refractivity contribution in [3.8, 4) is 5.69 Å². The lowest BCUT2D eigenvalue weighted by atomic mass is 10.1. The molecule has 9 heteroatoms. The summed E-state index contributed by atoms with van der Waals surface area (Å²) < 4.78 is 41.8. The lowest BCUT2D eigenvalue weighted by Gasteiger charge is -2.15. The van der Waals surface area contributed by atoms with E-state index in [1.165, 1.54) is 25.1 Å². The molecule has 0 spiro atoms. The number of alkyl halides is 3. The quantitative estimate of drug-likeness (QED) is 0.679.